The molecular weight excluding hydrogens is 222 g/mol. The van der Waals surface area contributed by atoms with Gasteiger partial charge >= 0.3 is 5.97 Å². The summed E-state index contributed by atoms with van der Waals surface area (Å²) in [5.41, 5.74) is 0. The Hall–Kier alpha value is -1.37. The van der Waals surface area contributed by atoms with Gasteiger partial charge in [-0.25, -0.2) is 4.79 Å². The van der Waals surface area contributed by atoms with Crippen LogP contribution in [0, 0.1) is 0 Å². The molecule has 1 saturated heterocycles. The van der Waals surface area contributed by atoms with Crippen LogP contribution in [0.2, 0.25) is 0 Å². The summed E-state index contributed by atoms with van der Waals surface area (Å²) in [7, 11) is 0. The van der Waals surface area contributed by atoms with Gasteiger partial charge in [0.15, 0.2) is 10.5 Å². The van der Waals surface area contributed by atoms with Crippen molar-refractivity contribution in [3.8, 4) is 0 Å². The van der Waals surface area contributed by atoms with Crippen LogP contribution in [-0.4, -0.2) is 38.3 Å². The van der Waals surface area contributed by atoms with Gasteiger partial charge in [-0.2, -0.15) is 0 Å². The third kappa shape index (κ3) is 2.56. The monoisotopic (exact) mass is 231 g/mol. The van der Waals surface area contributed by atoms with Gasteiger partial charge in [0.2, 0.25) is 11.8 Å². The number of nitrogens with zero attached hydrogens (tertiary/aromatic N) is 1. The van der Waals surface area contributed by atoms with Crippen LogP contribution in [0.5, 0.6) is 0 Å². The fourth-order valence-electron chi connectivity index (χ4n) is 1.23. The molecule has 0 aromatic heterocycles. The highest BCUT2D eigenvalue weighted by Crippen LogP contribution is 2.23. The van der Waals surface area contributed by atoms with Gasteiger partial charge in [-0.05, 0) is 0 Å². The molecule has 0 aromatic rings. The van der Waals surface area contributed by atoms with E-state index in [1.807, 2.05) is 0 Å². The first-order valence-corrected chi connectivity index (χ1v) is 5.06. The van der Waals surface area contributed by atoms with E-state index in [0.717, 1.165) is 0 Å². The molecule has 6 nitrogen and oxygen atoms in total. The quantitative estimate of drug-likeness (QED) is 0.678. The fraction of sp³-hybridized carbons (Fsp3) is 0.500. The number of amides is 2. The minimum atomic E-state index is -1.43. The third-order valence-corrected chi connectivity index (χ3v) is 2.78. The zero-order valence-corrected chi connectivity index (χ0v) is 8.74. The number of rotatable bonds is 3. The largest absolute Gasteiger partial charge is 0.479 e. The van der Waals surface area contributed by atoms with Gasteiger partial charge < -0.3 is 5.11 Å². The summed E-state index contributed by atoms with van der Waals surface area (Å²) in [6, 6.07) is 0. The number of aliphatic carboxylic acids is 1. The molecule has 1 aliphatic heterocycles. The number of hydrogen-bond donors (Lipinski definition) is 1. The van der Waals surface area contributed by atoms with Crippen LogP contribution in [0.1, 0.15) is 19.8 Å². The van der Waals surface area contributed by atoms with Crippen molar-refractivity contribution < 1.29 is 24.3 Å². The van der Waals surface area contributed by atoms with Crippen LogP contribution >= 0.6 is 11.8 Å². The summed E-state index contributed by atoms with van der Waals surface area (Å²) < 4.78 is 0. The van der Waals surface area contributed by atoms with Gasteiger partial charge in [0.25, 0.3) is 0 Å². The molecule has 1 rings (SSSR count). The minimum absolute atomic E-state index is 0.0150. The van der Waals surface area contributed by atoms with Gasteiger partial charge in [-0.3, -0.25) is 19.3 Å². The molecule has 0 aromatic carbocycles. The Morgan fingerprint density at radius 2 is 1.80 bits per heavy atom. The van der Waals surface area contributed by atoms with Crippen molar-refractivity contribution in [2.24, 2.45) is 0 Å². The van der Waals surface area contributed by atoms with Crippen molar-refractivity contribution >= 4 is 34.7 Å². The van der Waals surface area contributed by atoms with Crippen molar-refractivity contribution in [1.82, 2.24) is 4.90 Å². The fourth-order valence-corrected chi connectivity index (χ4v) is 1.98. The SMILES string of the molecule is CC(=O)SC(C(=O)O)N1C(=O)CCC1=O. The first-order valence-electron chi connectivity index (χ1n) is 4.18. The van der Waals surface area contributed by atoms with Gasteiger partial charge in [0.05, 0.1) is 0 Å². The number of thioether (sulfide) groups is 1. The summed E-state index contributed by atoms with van der Waals surface area (Å²) in [4.78, 5) is 44.7. The smallest absolute Gasteiger partial charge is 0.337 e. The molecule has 1 fully saturated rings. The number of hydrogen-bond acceptors (Lipinski definition) is 5. The van der Waals surface area contributed by atoms with E-state index in [4.69, 9.17) is 5.11 Å². The van der Waals surface area contributed by atoms with Crippen molar-refractivity contribution in [3.05, 3.63) is 0 Å². The zero-order valence-electron chi connectivity index (χ0n) is 7.93. The second-order valence-corrected chi connectivity index (χ2v) is 4.21. The molecule has 1 heterocycles. The number of carboxylic acids is 1. The molecule has 7 heteroatoms. The Bertz CT molecular complexity index is 324. The van der Waals surface area contributed by atoms with E-state index in [0.29, 0.717) is 16.7 Å². The molecule has 0 saturated carbocycles. The van der Waals surface area contributed by atoms with Crippen LogP contribution in [0.15, 0.2) is 0 Å². The summed E-state index contributed by atoms with van der Waals surface area (Å²) >= 11 is 0.458. The van der Waals surface area contributed by atoms with Crippen LogP contribution < -0.4 is 0 Å². The van der Waals surface area contributed by atoms with Gasteiger partial charge in [-0.1, -0.05) is 11.8 Å². The van der Waals surface area contributed by atoms with E-state index in [1.165, 1.54) is 6.92 Å². The molecule has 1 unspecified atom stereocenters. The van der Waals surface area contributed by atoms with E-state index in [-0.39, 0.29) is 12.8 Å². The van der Waals surface area contributed by atoms with Crippen molar-refractivity contribution in [1.29, 1.82) is 0 Å². The summed E-state index contributed by atoms with van der Waals surface area (Å²) in [6.07, 6.45) is 0.0299. The highest BCUT2D eigenvalue weighted by Gasteiger charge is 2.39. The Labute approximate surface area is 89.6 Å². The molecule has 1 N–H and O–H groups in total. The minimum Gasteiger partial charge on any atom is -0.479 e. The second kappa shape index (κ2) is 4.43. The zero-order chi connectivity index (χ0) is 11.6. The lowest BCUT2D eigenvalue weighted by Crippen LogP contribution is -2.42. The van der Waals surface area contributed by atoms with E-state index in [9.17, 15) is 19.2 Å². The lowest BCUT2D eigenvalue weighted by molar-refractivity contribution is -0.150. The van der Waals surface area contributed by atoms with Crippen LogP contribution in [0.4, 0.5) is 0 Å². The van der Waals surface area contributed by atoms with Crippen molar-refractivity contribution in [3.63, 3.8) is 0 Å². The van der Waals surface area contributed by atoms with Crippen molar-refractivity contribution in [2.45, 2.75) is 25.1 Å². The second-order valence-electron chi connectivity index (χ2n) is 2.96. The molecule has 0 bridgehead atoms. The Morgan fingerprint density at radius 1 is 1.33 bits per heavy atom. The van der Waals surface area contributed by atoms with Crippen molar-refractivity contribution in [2.75, 3.05) is 0 Å². The number of imide groups is 1. The first kappa shape index (κ1) is 11.7. The van der Waals surface area contributed by atoms with Crippen LogP contribution in [0.25, 0.3) is 0 Å². The number of likely N-dealkylation sites (tertiary alicyclic amines) is 1. The highest BCUT2D eigenvalue weighted by molar-refractivity contribution is 8.14. The number of carbonyl (C=O) groups is 4. The Morgan fingerprint density at radius 3 is 2.13 bits per heavy atom. The van der Waals surface area contributed by atoms with Crippen LogP contribution in [-0.2, 0) is 19.2 Å². The normalized spacial score (nSPS) is 18.1. The standard InChI is InChI=1S/C8H9NO5S/c1-4(10)15-7(8(13)14)9-5(11)2-3-6(9)12/h7H,2-3H2,1H3,(H,13,14). The highest BCUT2D eigenvalue weighted by atomic mass is 32.2. The molecule has 0 radical (unpaired) electrons. The Balaban J connectivity index is 2.88. The summed E-state index contributed by atoms with van der Waals surface area (Å²) in [5.74, 6) is -2.44. The average molecular weight is 231 g/mol. The molecule has 1 aliphatic rings. The van der Waals surface area contributed by atoms with Gasteiger partial charge in [-0.15, -0.1) is 0 Å². The maximum absolute atomic E-state index is 11.2. The average Bonchev–Trinajstić information content (AvgIpc) is 2.42. The van der Waals surface area contributed by atoms with E-state index >= 15 is 0 Å². The molecule has 0 aliphatic carbocycles. The molecule has 15 heavy (non-hydrogen) atoms. The predicted molar refractivity (Wildman–Crippen MR) is 50.8 cm³/mol. The lowest BCUT2D eigenvalue weighted by atomic mass is 10.4. The Kier molecular flexibility index (Phi) is 3.46. The lowest BCUT2D eigenvalue weighted by Gasteiger charge is -2.20. The van der Waals surface area contributed by atoms with E-state index < -0.39 is 28.3 Å². The van der Waals surface area contributed by atoms with Crippen LogP contribution in [0.3, 0.4) is 0 Å². The maximum Gasteiger partial charge on any atom is 0.337 e. The summed E-state index contributed by atoms with van der Waals surface area (Å²) in [6.45, 7) is 1.19. The summed E-state index contributed by atoms with van der Waals surface area (Å²) in [5, 5.41) is 6.92. The third-order valence-electron chi connectivity index (χ3n) is 1.81. The molecule has 1 atom stereocenters. The molecule has 2 amide bonds. The molecule has 82 valence electrons. The maximum atomic E-state index is 11.2. The topological polar surface area (TPSA) is 91.8 Å². The molecular formula is C8H9NO5S. The number of carbonyl (C=O) groups excluding carboxylic acids is 3. The van der Waals surface area contributed by atoms with E-state index in [2.05, 4.69) is 0 Å². The predicted octanol–water partition coefficient (Wildman–Crippen LogP) is -0.174. The molecule has 0 spiro atoms. The number of carboxylic acid groups (broad SMARTS) is 1. The van der Waals surface area contributed by atoms with Gasteiger partial charge in [0, 0.05) is 19.8 Å². The van der Waals surface area contributed by atoms with Gasteiger partial charge in [0.1, 0.15) is 0 Å². The van der Waals surface area contributed by atoms with E-state index in [1.54, 1.807) is 0 Å². The first-order chi connectivity index (χ1) is 6.93.